The van der Waals surface area contributed by atoms with Crippen LogP contribution in [0.1, 0.15) is 12.6 Å². The van der Waals surface area contributed by atoms with Crippen molar-refractivity contribution in [1.29, 1.82) is 0 Å². The minimum atomic E-state index is 0.286. The van der Waals surface area contributed by atoms with Crippen LogP contribution in [0.2, 0.25) is 0 Å². The number of hydrogen-bond donors (Lipinski definition) is 0. The van der Waals surface area contributed by atoms with Gasteiger partial charge in [-0.25, -0.2) is 0 Å². The molecule has 0 saturated carbocycles. The molecule has 0 bridgehead atoms. The van der Waals surface area contributed by atoms with Crippen molar-refractivity contribution in [2.24, 2.45) is 0 Å². The fourth-order valence-corrected chi connectivity index (χ4v) is 1.71. The SMILES string of the molecule is COc1ccnc(CN(C)C(C)CCl)c1OC. The number of pyridine rings is 1. The Hall–Kier alpha value is -1.00. The number of hydrogen-bond acceptors (Lipinski definition) is 4. The first-order valence-corrected chi connectivity index (χ1v) is 5.99. The number of methoxy groups -OCH3 is 2. The fraction of sp³-hybridized carbons (Fsp3) is 0.583. The highest BCUT2D eigenvalue weighted by atomic mass is 35.5. The van der Waals surface area contributed by atoms with Gasteiger partial charge >= 0.3 is 0 Å². The Morgan fingerprint density at radius 1 is 1.41 bits per heavy atom. The summed E-state index contributed by atoms with van der Waals surface area (Å²) >= 11 is 5.83. The van der Waals surface area contributed by atoms with Crippen LogP contribution in [-0.4, -0.2) is 43.1 Å². The summed E-state index contributed by atoms with van der Waals surface area (Å²) in [6.45, 7) is 2.74. The second-order valence-electron chi connectivity index (χ2n) is 3.91. The second-order valence-corrected chi connectivity index (χ2v) is 4.22. The number of ether oxygens (including phenoxy) is 2. The third-order valence-corrected chi connectivity index (χ3v) is 3.19. The number of nitrogens with zero attached hydrogens (tertiary/aromatic N) is 2. The van der Waals surface area contributed by atoms with Gasteiger partial charge in [-0.05, 0) is 14.0 Å². The van der Waals surface area contributed by atoms with Crippen LogP contribution >= 0.6 is 11.6 Å². The van der Waals surface area contributed by atoms with Gasteiger partial charge in [0.15, 0.2) is 11.5 Å². The van der Waals surface area contributed by atoms with Crippen LogP contribution in [0.4, 0.5) is 0 Å². The van der Waals surface area contributed by atoms with E-state index in [0.29, 0.717) is 23.9 Å². The molecule has 0 fully saturated rings. The van der Waals surface area contributed by atoms with Crippen LogP contribution in [0.15, 0.2) is 12.3 Å². The van der Waals surface area contributed by atoms with E-state index in [2.05, 4.69) is 16.8 Å². The van der Waals surface area contributed by atoms with E-state index in [1.54, 1.807) is 26.5 Å². The summed E-state index contributed by atoms with van der Waals surface area (Å²) in [6, 6.07) is 2.07. The van der Waals surface area contributed by atoms with Gasteiger partial charge in [0.2, 0.25) is 0 Å². The number of aromatic nitrogens is 1. The highest BCUT2D eigenvalue weighted by molar-refractivity contribution is 6.18. The van der Waals surface area contributed by atoms with E-state index in [-0.39, 0.29) is 6.04 Å². The van der Waals surface area contributed by atoms with Crippen LogP contribution in [0, 0.1) is 0 Å². The molecular formula is C12H19ClN2O2. The highest BCUT2D eigenvalue weighted by Crippen LogP contribution is 2.29. The van der Waals surface area contributed by atoms with Crippen LogP contribution in [0.25, 0.3) is 0 Å². The lowest BCUT2D eigenvalue weighted by molar-refractivity contribution is 0.257. The molecule has 1 unspecified atom stereocenters. The van der Waals surface area contributed by atoms with E-state index in [1.165, 1.54) is 0 Å². The molecule has 1 atom stereocenters. The Morgan fingerprint density at radius 3 is 2.65 bits per heavy atom. The normalized spacial score (nSPS) is 12.6. The number of rotatable bonds is 6. The molecule has 1 rings (SSSR count). The Kier molecular flexibility index (Phi) is 5.51. The zero-order chi connectivity index (χ0) is 12.8. The molecule has 0 aliphatic heterocycles. The van der Waals surface area contributed by atoms with Crippen molar-refractivity contribution >= 4 is 11.6 Å². The monoisotopic (exact) mass is 258 g/mol. The van der Waals surface area contributed by atoms with Gasteiger partial charge in [0.1, 0.15) is 5.69 Å². The molecule has 96 valence electrons. The lowest BCUT2D eigenvalue weighted by Crippen LogP contribution is -2.30. The van der Waals surface area contributed by atoms with E-state index in [9.17, 15) is 0 Å². The zero-order valence-corrected chi connectivity index (χ0v) is 11.5. The fourth-order valence-electron chi connectivity index (χ4n) is 1.47. The van der Waals surface area contributed by atoms with E-state index in [0.717, 1.165) is 5.69 Å². The van der Waals surface area contributed by atoms with Crippen molar-refractivity contribution in [3.63, 3.8) is 0 Å². The van der Waals surface area contributed by atoms with Gasteiger partial charge in [-0.3, -0.25) is 9.88 Å². The van der Waals surface area contributed by atoms with E-state index in [4.69, 9.17) is 21.1 Å². The van der Waals surface area contributed by atoms with Crippen molar-refractivity contribution in [1.82, 2.24) is 9.88 Å². The third kappa shape index (κ3) is 3.48. The molecule has 5 heteroatoms. The van der Waals surface area contributed by atoms with Gasteiger partial charge < -0.3 is 9.47 Å². The molecule has 17 heavy (non-hydrogen) atoms. The van der Waals surface area contributed by atoms with Crippen LogP contribution in [-0.2, 0) is 6.54 Å². The molecule has 1 heterocycles. The lowest BCUT2D eigenvalue weighted by atomic mass is 10.2. The maximum atomic E-state index is 5.83. The van der Waals surface area contributed by atoms with E-state index < -0.39 is 0 Å². The number of alkyl halides is 1. The minimum Gasteiger partial charge on any atom is -0.493 e. The van der Waals surface area contributed by atoms with E-state index in [1.807, 2.05) is 7.05 Å². The topological polar surface area (TPSA) is 34.6 Å². The first-order valence-electron chi connectivity index (χ1n) is 5.46. The first-order chi connectivity index (χ1) is 8.13. The van der Waals surface area contributed by atoms with Crippen molar-refractivity contribution in [3.8, 4) is 11.5 Å². The molecular weight excluding hydrogens is 240 g/mol. The highest BCUT2D eigenvalue weighted by Gasteiger charge is 2.15. The van der Waals surface area contributed by atoms with Gasteiger partial charge in [-0.15, -0.1) is 11.6 Å². The quantitative estimate of drug-likeness (QED) is 0.733. The van der Waals surface area contributed by atoms with Crippen LogP contribution < -0.4 is 9.47 Å². The standard InChI is InChI=1S/C12H19ClN2O2/c1-9(7-13)15(2)8-10-12(17-4)11(16-3)5-6-14-10/h5-6,9H,7-8H2,1-4H3. The van der Waals surface area contributed by atoms with Gasteiger partial charge in [-0.2, -0.15) is 0 Å². The van der Waals surface area contributed by atoms with Gasteiger partial charge in [0.05, 0.1) is 14.2 Å². The van der Waals surface area contributed by atoms with Crippen LogP contribution in [0.3, 0.4) is 0 Å². The summed E-state index contributed by atoms with van der Waals surface area (Å²) in [5.41, 5.74) is 0.853. The molecule has 0 amide bonds. The third-order valence-electron chi connectivity index (χ3n) is 2.74. The van der Waals surface area contributed by atoms with Gasteiger partial charge in [-0.1, -0.05) is 0 Å². The largest absolute Gasteiger partial charge is 0.493 e. The van der Waals surface area contributed by atoms with Crippen molar-refractivity contribution in [3.05, 3.63) is 18.0 Å². The summed E-state index contributed by atoms with van der Waals surface area (Å²) in [5.74, 6) is 1.97. The molecule has 0 saturated heterocycles. The van der Waals surface area contributed by atoms with E-state index >= 15 is 0 Å². The molecule has 0 aliphatic carbocycles. The molecule has 1 aromatic heterocycles. The Labute approximate surface area is 107 Å². The Bertz CT molecular complexity index is 360. The predicted octanol–water partition coefficient (Wildman–Crippen LogP) is 2.16. The average Bonchev–Trinajstić information content (AvgIpc) is 2.37. The van der Waals surface area contributed by atoms with Gasteiger partial charge in [0, 0.05) is 30.7 Å². The minimum absolute atomic E-state index is 0.286. The Morgan fingerprint density at radius 2 is 2.12 bits per heavy atom. The second kappa shape index (κ2) is 6.67. The predicted molar refractivity (Wildman–Crippen MR) is 69.0 cm³/mol. The first kappa shape index (κ1) is 14.1. The van der Waals surface area contributed by atoms with Crippen LogP contribution in [0.5, 0.6) is 11.5 Å². The smallest absolute Gasteiger partial charge is 0.183 e. The molecule has 0 N–H and O–H groups in total. The lowest BCUT2D eigenvalue weighted by Gasteiger charge is -2.23. The molecule has 0 radical (unpaired) electrons. The van der Waals surface area contributed by atoms with Gasteiger partial charge in [0.25, 0.3) is 0 Å². The number of halogens is 1. The molecule has 0 aromatic carbocycles. The maximum absolute atomic E-state index is 5.83. The summed E-state index contributed by atoms with van der Waals surface area (Å²) in [4.78, 5) is 6.45. The molecule has 0 aliphatic rings. The zero-order valence-electron chi connectivity index (χ0n) is 10.7. The molecule has 0 spiro atoms. The van der Waals surface area contributed by atoms with Crippen molar-refractivity contribution < 1.29 is 9.47 Å². The Balaban J connectivity index is 2.90. The summed E-state index contributed by atoms with van der Waals surface area (Å²) in [6.07, 6.45) is 1.72. The van der Waals surface area contributed by atoms with Crippen molar-refractivity contribution in [2.45, 2.75) is 19.5 Å². The maximum Gasteiger partial charge on any atom is 0.183 e. The summed E-state index contributed by atoms with van der Waals surface area (Å²) in [5, 5.41) is 0. The average molecular weight is 259 g/mol. The molecule has 4 nitrogen and oxygen atoms in total. The van der Waals surface area contributed by atoms with Crippen molar-refractivity contribution in [2.75, 3.05) is 27.1 Å². The summed E-state index contributed by atoms with van der Waals surface area (Å²) < 4.78 is 10.6. The summed E-state index contributed by atoms with van der Waals surface area (Å²) in [7, 11) is 5.24. The molecule has 1 aromatic rings.